The Bertz CT molecular complexity index is 946. The van der Waals surface area contributed by atoms with Crippen LogP contribution in [0.15, 0.2) is 29.2 Å². The lowest BCUT2D eigenvalue weighted by atomic mass is 10.1. The minimum Gasteiger partial charge on any atom is -0.462 e. The lowest BCUT2D eigenvalue weighted by Crippen LogP contribution is -2.26. The van der Waals surface area contributed by atoms with E-state index in [0.29, 0.717) is 21.7 Å². The predicted octanol–water partition coefficient (Wildman–Crippen LogP) is 2.97. The number of rotatable bonds is 7. The second kappa shape index (κ2) is 8.97. The quantitative estimate of drug-likeness (QED) is 0.561. The summed E-state index contributed by atoms with van der Waals surface area (Å²) in [6.07, 6.45) is 0.362. The average Bonchev–Trinajstić information content (AvgIpc) is 2.95. The zero-order chi connectivity index (χ0) is 21.0. The Morgan fingerprint density at radius 2 is 1.79 bits per heavy atom. The number of aromatic nitrogens is 1. The van der Waals surface area contributed by atoms with Gasteiger partial charge < -0.3 is 14.5 Å². The zero-order valence-electron chi connectivity index (χ0n) is 16.5. The van der Waals surface area contributed by atoms with E-state index in [1.165, 1.54) is 19.2 Å². The molecular formula is C20H23NO6S. The predicted molar refractivity (Wildman–Crippen MR) is 104 cm³/mol. The van der Waals surface area contributed by atoms with E-state index in [4.69, 9.17) is 9.47 Å². The summed E-state index contributed by atoms with van der Waals surface area (Å²) in [5.74, 6) is -1.73. The van der Waals surface area contributed by atoms with Crippen molar-refractivity contribution in [3.63, 3.8) is 0 Å². The monoisotopic (exact) mass is 405 g/mol. The highest BCUT2D eigenvalue weighted by Gasteiger charge is 2.28. The van der Waals surface area contributed by atoms with E-state index in [2.05, 4.69) is 4.98 Å². The third-order valence-electron chi connectivity index (χ3n) is 4.23. The van der Waals surface area contributed by atoms with Gasteiger partial charge in [-0.05, 0) is 45.4 Å². The molecule has 2 aromatic rings. The van der Waals surface area contributed by atoms with Crippen LogP contribution in [0.3, 0.4) is 0 Å². The van der Waals surface area contributed by atoms with E-state index >= 15 is 0 Å². The van der Waals surface area contributed by atoms with Gasteiger partial charge in [-0.15, -0.1) is 0 Å². The summed E-state index contributed by atoms with van der Waals surface area (Å²) >= 11 is 0. The summed E-state index contributed by atoms with van der Waals surface area (Å²) in [5.41, 5.74) is 1.58. The van der Waals surface area contributed by atoms with Crippen molar-refractivity contribution in [3.8, 4) is 0 Å². The van der Waals surface area contributed by atoms with Gasteiger partial charge in [0.1, 0.15) is 0 Å². The number of aromatic amines is 1. The standard InChI is InChI=1S/C20H23NO6S/c1-6-26-20(24)16-11(2)17(21-12(16)3)18(22)13(4)27-19(23)14-9-7-8-10-15(14)28(5)25/h7-10,13,21H,6H2,1-5H3/t13-,28+/m0/s1. The summed E-state index contributed by atoms with van der Waals surface area (Å²) in [6.45, 7) is 6.67. The van der Waals surface area contributed by atoms with Crippen molar-refractivity contribution in [2.45, 2.75) is 38.7 Å². The van der Waals surface area contributed by atoms with Gasteiger partial charge in [0.05, 0.1) is 39.1 Å². The molecule has 0 bridgehead atoms. The molecule has 0 saturated carbocycles. The van der Waals surface area contributed by atoms with E-state index in [1.807, 2.05) is 0 Å². The van der Waals surface area contributed by atoms with E-state index in [1.54, 1.807) is 39.0 Å². The molecule has 0 aliphatic heterocycles. The Morgan fingerprint density at radius 1 is 1.14 bits per heavy atom. The number of ether oxygens (including phenoxy) is 2. The van der Waals surface area contributed by atoms with Crippen LogP contribution in [-0.2, 0) is 20.3 Å². The summed E-state index contributed by atoms with van der Waals surface area (Å²) < 4.78 is 22.1. The molecule has 0 radical (unpaired) electrons. The first-order chi connectivity index (χ1) is 13.2. The van der Waals surface area contributed by atoms with Gasteiger partial charge in [-0.2, -0.15) is 0 Å². The highest BCUT2D eigenvalue weighted by molar-refractivity contribution is 7.84. The van der Waals surface area contributed by atoms with Crippen LogP contribution in [0.25, 0.3) is 0 Å². The van der Waals surface area contributed by atoms with Gasteiger partial charge in [0.25, 0.3) is 0 Å². The normalized spacial score (nSPS) is 12.9. The molecule has 0 spiro atoms. The van der Waals surface area contributed by atoms with Crippen molar-refractivity contribution in [2.24, 2.45) is 0 Å². The van der Waals surface area contributed by atoms with Gasteiger partial charge in [0.15, 0.2) is 6.10 Å². The van der Waals surface area contributed by atoms with Crippen LogP contribution in [0.5, 0.6) is 0 Å². The van der Waals surface area contributed by atoms with Crippen molar-refractivity contribution in [1.29, 1.82) is 0 Å². The second-order valence-electron chi connectivity index (χ2n) is 6.21. The number of carbonyl (C=O) groups is 3. The van der Waals surface area contributed by atoms with Crippen LogP contribution in [0.2, 0.25) is 0 Å². The molecule has 7 nitrogen and oxygen atoms in total. The molecule has 8 heteroatoms. The highest BCUT2D eigenvalue weighted by Crippen LogP contribution is 2.22. The third-order valence-corrected chi connectivity index (χ3v) is 5.21. The fourth-order valence-corrected chi connectivity index (χ4v) is 3.60. The molecular weight excluding hydrogens is 382 g/mol. The molecule has 0 saturated heterocycles. The number of hydrogen-bond acceptors (Lipinski definition) is 6. The number of esters is 2. The molecule has 0 unspecified atom stereocenters. The third kappa shape index (κ3) is 4.39. The topological polar surface area (TPSA) is 103 Å². The molecule has 2 atom stereocenters. The van der Waals surface area contributed by atoms with Crippen molar-refractivity contribution >= 4 is 28.5 Å². The van der Waals surface area contributed by atoms with Crippen molar-refractivity contribution in [3.05, 3.63) is 52.3 Å². The second-order valence-corrected chi connectivity index (χ2v) is 7.56. The summed E-state index contributed by atoms with van der Waals surface area (Å²) in [5, 5.41) is 0. The zero-order valence-corrected chi connectivity index (χ0v) is 17.3. The van der Waals surface area contributed by atoms with E-state index in [0.717, 1.165) is 0 Å². The van der Waals surface area contributed by atoms with Crippen LogP contribution in [0.4, 0.5) is 0 Å². The van der Waals surface area contributed by atoms with Gasteiger partial charge in [-0.1, -0.05) is 12.1 Å². The van der Waals surface area contributed by atoms with Crippen LogP contribution in [-0.4, -0.2) is 45.9 Å². The SMILES string of the molecule is CCOC(=O)c1c(C)[nH]c(C(=O)[C@H](C)OC(=O)c2ccccc2[S@@](C)=O)c1C. The lowest BCUT2D eigenvalue weighted by molar-refractivity contribution is 0.0313. The van der Waals surface area contributed by atoms with Crippen molar-refractivity contribution in [1.82, 2.24) is 4.98 Å². The van der Waals surface area contributed by atoms with Crippen LogP contribution >= 0.6 is 0 Å². The van der Waals surface area contributed by atoms with E-state index in [-0.39, 0.29) is 17.9 Å². The molecule has 0 fully saturated rings. The summed E-state index contributed by atoms with van der Waals surface area (Å²) in [4.78, 5) is 40.6. The maximum absolute atomic E-state index is 12.8. The van der Waals surface area contributed by atoms with Gasteiger partial charge in [-0.3, -0.25) is 9.00 Å². The summed E-state index contributed by atoms with van der Waals surface area (Å²) in [6, 6.07) is 6.37. The van der Waals surface area contributed by atoms with Crippen molar-refractivity contribution < 1.29 is 28.1 Å². The highest BCUT2D eigenvalue weighted by atomic mass is 32.2. The van der Waals surface area contributed by atoms with Gasteiger partial charge in [-0.25, -0.2) is 9.59 Å². The lowest BCUT2D eigenvalue weighted by Gasteiger charge is -2.13. The maximum atomic E-state index is 12.8. The Hall–Kier alpha value is -2.74. The molecule has 1 aromatic heterocycles. The van der Waals surface area contributed by atoms with Crippen molar-refractivity contribution in [2.75, 3.05) is 12.9 Å². The first kappa shape index (κ1) is 21.6. The van der Waals surface area contributed by atoms with Gasteiger partial charge >= 0.3 is 11.9 Å². The van der Waals surface area contributed by atoms with E-state index in [9.17, 15) is 18.6 Å². The van der Waals surface area contributed by atoms with Gasteiger partial charge in [0.2, 0.25) is 5.78 Å². The van der Waals surface area contributed by atoms with Crippen LogP contribution in [0.1, 0.15) is 56.3 Å². The Labute approximate surface area is 165 Å². The minimum atomic E-state index is -1.38. The number of H-pyrrole nitrogens is 1. The Kier molecular flexibility index (Phi) is 6.90. The molecule has 0 amide bonds. The van der Waals surface area contributed by atoms with Crippen LogP contribution in [0, 0.1) is 13.8 Å². The number of carbonyl (C=O) groups excluding carboxylic acids is 3. The number of hydrogen-bond donors (Lipinski definition) is 1. The summed E-state index contributed by atoms with van der Waals surface area (Å²) in [7, 11) is -1.38. The molecule has 1 aromatic carbocycles. The molecule has 2 rings (SSSR count). The minimum absolute atomic E-state index is 0.148. The van der Waals surface area contributed by atoms with Gasteiger partial charge in [0, 0.05) is 11.9 Å². The molecule has 1 heterocycles. The molecule has 28 heavy (non-hydrogen) atoms. The smallest absolute Gasteiger partial charge is 0.340 e. The number of aryl methyl sites for hydroxylation is 1. The largest absolute Gasteiger partial charge is 0.462 e. The van der Waals surface area contributed by atoms with E-state index < -0.39 is 34.6 Å². The Morgan fingerprint density at radius 3 is 2.39 bits per heavy atom. The molecule has 150 valence electrons. The first-order valence-corrected chi connectivity index (χ1v) is 10.3. The number of Topliss-reactive ketones (excluding diaryl/α,β-unsaturated/α-hetero) is 1. The fraction of sp³-hybridized carbons (Fsp3) is 0.350. The van der Waals surface area contributed by atoms with Crippen LogP contribution < -0.4 is 0 Å². The average molecular weight is 405 g/mol. The first-order valence-electron chi connectivity index (χ1n) is 8.72. The number of benzene rings is 1. The Balaban J connectivity index is 2.24. The fourth-order valence-electron chi connectivity index (χ4n) is 2.87. The molecule has 1 N–H and O–H groups in total. The molecule has 0 aliphatic carbocycles. The maximum Gasteiger partial charge on any atom is 0.340 e. The molecule has 0 aliphatic rings. The number of ketones is 1. The number of nitrogens with one attached hydrogen (secondary N) is 1.